The summed E-state index contributed by atoms with van der Waals surface area (Å²) >= 11 is 1.21. The van der Waals surface area contributed by atoms with Gasteiger partial charge in [-0.05, 0) is 20.8 Å². The van der Waals surface area contributed by atoms with Crippen molar-refractivity contribution in [1.29, 1.82) is 0 Å². The van der Waals surface area contributed by atoms with Crippen molar-refractivity contribution in [1.82, 2.24) is 9.97 Å². The third kappa shape index (κ3) is 4.78. The summed E-state index contributed by atoms with van der Waals surface area (Å²) < 4.78 is 11.2. The first kappa shape index (κ1) is 22.6. The van der Waals surface area contributed by atoms with Gasteiger partial charge in [0, 0.05) is 22.5 Å². The number of oxazole rings is 1. The highest BCUT2D eigenvalue weighted by Gasteiger charge is 2.26. The number of nitrogens with one attached hydrogen (secondary N) is 1. The van der Waals surface area contributed by atoms with Crippen LogP contribution in [0.2, 0.25) is 0 Å². The molecule has 0 spiro atoms. The fraction of sp³-hybridized carbons (Fsp3) is 0.192. The Morgan fingerprint density at radius 3 is 2.18 bits per heavy atom. The zero-order valence-corrected chi connectivity index (χ0v) is 19.5. The molecule has 7 heteroatoms. The van der Waals surface area contributed by atoms with Crippen molar-refractivity contribution in [2.24, 2.45) is 0 Å². The predicted molar refractivity (Wildman–Crippen MR) is 129 cm³/mol. The van der Waals surface area contributed by atoms with E-state index in [9.17, 15) is 9.59 Å². The van der Waals surface area contributed by atoms with E-state index in [4.69, 9.17) is 9.15 Å². The van der Waals surface area contributed by atoms with E-state index in [0.29, 0.717) is 33.5 Å². The average Bonchev–Trinajstić information content (AvgIpc) is 3.39. The average molecular weight is 461 g/mol. The molecule has 0 amide bonds. The predicted octanol–water partition coefficient (Wildman–Crippen LogP) is 6.11. The molecular weight excluding hydrogens is 436 g/mol. The molecule has 2 aromatic carbocycles. The number of carbonyl (C=O) groups is 2. The molecule has 1 N–H and O–H groups in total. The summed E-state index contributed by atoms with van der Waals surface area (Å²) in [5.41, 5.74) is 4.47. The van der Waals surface area contributed by atoms with Crippen molar-refractivity contribution < 1.29 is 18.7 Å². The Kier molecular flexibility index (Phi) is 6.79. The highest BCUT2D eigenvalue weighted by Crippen LogP contribution is 2.36. The van der Waals surface area contributed by atoms with Crippen molar-refractivity contribution in [2.75, 3.05) is 12.4 Å². The molecular formula is C26H24N2O4S. The van der Waals surface area contributed by atoms with E-state index in [-0.39, 0.29) is 18.1 Å². The van der Waals surface area contributed by atoms with Gasteiger partial charge in [0.15, 0.2) is 11.5 Å². The number of ketones is 1. The molecule has 168 valence electrons. The Bertz CT molecular complexity index is 1220. The Hall–Kier alpha value is -3.58. The molecule has 2 aromatic heterocycles. The quantitative estimate of drug-likeness (QED) is 0.194. The minimum Gasteiger partial charge on any atom is -0.462 e. The summed E-state index contributed by atoms with van der Waals surface area (Å²) in [6, 6.07) is 19.5. The number of aromatic nitrogens is 2. The number of hydrogen-bond acceptors (Lipinski definition) is 6. The Labute approximate surface area is 196 Å². The minimum absolute atomic E-state index is 0.0769. The van der Waals surface area contributed by atoms with E-state index in [1.807, 2.05) is 60.7 Å². The highest BCUT2D eigenvalue weighted by atomic mass is 32.2. The smallest absolute Gasteiger partial charge is 0.340 e. The molecule has 0 atom stereocenters. The van der Waals surface area contributed by atoms with Gasteiger partial charge in [0.2, 0.25) is 0 Å². The SMILES string of the molecule is CCOC(=O)c1c(C)[nH]c(C)c1C(=O)CSc1nc(-c2ccccc2)c(-c2ccccc2)o1. The van der Waals surface area contributed by atoms with Crippen LogP contribution in [0.3, 0.4) is 0 Å². The zero-order chi connectivity index (χ0) is 23.4. The zero-order valence-electron chi connectivity index (χ0n) is 18.7. The van der Waals surface area contributed by atoms with Crippen molar-refractivity contribution >= 4 is 23.5 Å². The highest BCUT2D eigenvalue weighted by molar-refractivity contribution is 7.99. The maximum absolute atomic E-state index is 13.1. The Morgan fingerprint density at radius 2 is 1.55 bits per heavy atom. The van der Waals surface area contributed by atoms with Crippen LogP contribution >= 0.6 is 11.8 Å². The molecule has 4 rings (SSSR count). The number of carbonyl (C=O) groups excluding carboxylic acids is 2. The van der Waals surface area contributed by atoms with Gasteiger partial charge in [-0.15, -0.1) is 0 Å². The van der Waals surface area contributed by atoms with Gasteiger partial charge in [0.1, 0.15) is 5.69 Å². The van der Waals surface area contributed by atoms with Crippen LogP contribution in [0.1, 0.15) is 39.0 Å². The Balaban J connectivity index is 1.62. The molecule has 33 heavy (non-hydrogen) atoms. The van der Waals surface area contributed by atoms with Crippen molar-refractivity contribution in [2.45, 2.75) is 26.0 Å². The van der Waals surface area contributed by atoms with Crippen LogP contribution in [0.4, 0.5) is 0 Å². The second-order valence-electron chi connectivity index (χ2n) is 7.45. The monoisotopic (exact) mass is 460 g/mol. The van der Waals surface area contributed by atoms with Gasteiger partial charge in [-0.1, -0.05) is 72.4 Å². The van der Waals surface area contributed by atoms with Crippen LogP contribution in [0.5, 0.6) is 0 Å². The van der Waals surface area contributed by atoms with Crippen LogP contribution < -0.4 is 0 Å². The fourth-order valence-corrected chi connectivity index (χ4v) is 4.42. The van der Waals surface area contributed by atoms with E-state index in [2.05, 4.69) is 9.97 Å². The number of hydrogen-bond donors (Lipinski definition) is 1. The topological polar surface area (TPSA) is 85.2 Å². The fourth-order valence-electron chi connectivity index (χ4n) is 3.73. The van der Waals surface area contributed by atoms with Crippen LogP contribution in [-0.4, -0.2) is 34.1 Å². The first-order chi connectivity index (χ1) is 16.0. The summed E-state index contributed by atoms with van der Waals surface area (Å²) in [7, 11) is 0. The van der Waals surface area contributed by atoms with Crippen LogP contribution in [0, 0.1) is 13.8 Å². The molecule has 0 saturated heterocycles. The van der Waals surface area contributed by atoms with Gasteiger partial charge in [-0.3, -0.25) is 4.79 Å². The lowest BCUT2D eigenvalue weighted by atomic mass is 10.1. The van der Waals surface area contributed by atoms with E-state index in [0.717, 1.165) is 16.8 Å². The summed E-state index contributed by atoms with van der Waals surface area (Å²) in [5.74, 6) is 0.0397. The molecule has 0 unspecified atom stereocenters. The van der Waals surface area contributed by atoms with E-state index < -0.39 is 5.97 Å². The van der Waals surface area contributed by atoms with E-state index >= 15 is 0 Å². The molecule has 4 aromatic rings. The van der Waals surface area contributed by atoms with Gasteiger partial charge >= 0.3 is 5.97 Å². The minimum atomic E-state index is -0.499. The third-order valence-electron chi connectivity index (χ3n) is 5.15. The second-order valence-corrected chi connectivity index (χ2v) is 8.37. The number of aryl methyl sites for hydroxylation is 2. The van der Waals surface area contributed by atoms with Crippen molar-refractivity contribution in [3.63, 3.8) is 0 Å². The van der Waals surface area contributed by atoms with Crippen LogP contribution in [0.15, 0.2) is 70.3 Å². The lowest BCUT2D eigenvalue weighted by molar-refractivity contribution is 0.0522. The lowest BCUT2D eigenvalue weighted by Gasteiger charge is -2.05. The van der Waals surface area contributed by atoms with Gasteiger partial charge in [0.25, 0.3) is 5.22 Å². The number of ether oxygens (including phenoxy) is 1. The standard InChI is InChI=1S/C26H24N2O4S/c1-4-31-25(30)22-17(3)27-16(2)21(22)20(29)15-33-26-28-23(18-11-7-5-8-12-18)24(32-26)19-13-9-6-10-14-19/h5-14,27H,4,15H2,1-3H3. The molecule has 0 saturated carbocycles. The van der Waals surface area contributed by atoms with Gasteiger partial charge in [-0.2, -0.15) is 0 Å². The van der Waals surface area contributed by atoms with Crippen LogP contribution in [-0.2, 0) is 4.74 Å². The molecule has 0 bridgehead atoms. The third-order valence-corrected chi connectivity index (χ3v) is 5.98. The van der Waals surface area contributed by atoms with Gasteiger partial charge < -0.3 is 14.1 Å². The van der Waals surface area contributed by atoms with Crippen LogP contribution in [0.25, 0.3) is 22.6 Å². The molecule has 0 radical (unpaired) electrons. The van der Waals surface area contributed by atoms with Gasteiger partial charge in [-0.25, -0.2) is 9.78 Å². The largest absolute Gasteiger partial charge is 0.462 e. The number of H-pyrrole nitrogens is 1. The van der Waals surface area contributed by atoms with Crippen molar-refractivity contribution in [3.05, 3.63) is 83.2 Å². The number of aromatic amines is 1. The summed E-state index contributed by atoms with van der Waals surface area (Å²) in [5, 5.41) is 0.392. The molecule has 2 heterocycles. The van der Waals surface area contributed by atoms with E-state index in [1.165, 1.54) is 11.8 Å². The Morgan fingerprint density at radius 1 is 0.939 bits per heavy atom. The number of esters is 1. The number of rotatable bonds is 8. The molecule has 0 aliphatic rings. The lowest BCUT2D eigenvalue weighted by Crippen LogP contribution is -2.13. The summed E-state index contributed by atoms with van der Waals surface area (Å²) in [6.07, 6.45) is 0. The molecule has 0 fully saturated rings. The van der Waals surface area contributed by atoms with Crippen molar-refractivity contribution in [3.8, 4) is 22.6 Å². The van der Waals surface area contributed by atoms with E-state index in [1.54, 1.807) is 20.8 Å². The molecule has 6 nitrogen and oxygen atoms in total. The molecule has 0 aliphatic carbocycles. The summed E-state index contributed by atoms with van der Waals surface area (Å²) in [6.45, 7) is 5.52. The normalized spacial score (nSPS) is 10.9. The first-order valence-corrected chi connectivity index (χ1v) is 11.6. The second kappa shape index (κ2) is 9.92. The summed E-state index contributed by atoms with van der Waals surface area (Å²) in [4.78, 5) is 33.3. The molecule has 0 aliphatic heterocycles. The number of benzene rings is 2. The maximum Gasteiger partial charge on any atom is 0.340 e. The number of Topliss-reactive ketones (excluding diaryl/α,β-unsaturated/α-hetero) is 1. The van der Waals surface area contributed by atoms with Gasteiger partial charge in [0.05, 0.1) is 23.5 Å². The first-order valence-electron chi connectivity index (χ1n) is 10.6. The number of thioether (sulfide) groups is 1. The number of nitrogens with zero attached hydrogens (tertiary/aromatic N) is 1. The maximum atomic E-state index is 13.1.